The minimum absolute atomic E-state index is 1.32. The molecule has 1 aromatic carbocycles. The molecule has 1 aromatic rings. The van der Waals surface area contributed by atoms with Gasteiger partial charge in [-0.05, 0) is 30.9 Å². The van der Waals surface area contributed by atoms with Crippen LogP contribution in [0.3, 0.4) is 0 Å². The average Bonchev–Trinajstić information content (AvgIpc) is 2.87. The van der Waals surface area contributed by atoms with Gasteiger partial charge in [0.15, 0.2) is 0 Å². The highest BCUT2D eigenvalue weighted by Gasteiger charge is 2.14. The Balaban J connectivity index is 2.37. The maximum Gasteiger partial charge on any atom is -0.0228 e. The normalized spacial score (nSPS) is 14.8. The molecular weight excluding hydrogens is 132 g/mol. The van der Waals surface area contributed by atoms with E-state index in [0.717, 1.165) is 0 Å². The van der Waals surface area contributed by atoms with Crippen LogP contribution in [0.2, 0.25) is 0 Å². The highest BCUT2D eigenvalue weighted by Crippen LogP contribution is 2.35. The molecule has 0 aromatic heterocycles. The highest BCUT2D eigenvalue weighted by atomic mass is 14.2. The summed E-state index contributed by atoms with van der Waals surface area (Å²) in [6.07, 6.45) is 2.64. The Morgan fingerprint density at radius 1 is 1.09 bits per heavy atom. The highest BCUT2D eigenvalue weighted by molar-refractivity contribution is 5.69. The molecule has 2 rings (SSSR count). The van der Waals surface area contributed by atoms with E-state index in [-0.39, 0.29) is 0 Å². The Kier molecular flexibility index (Phi) is 1.54. The Morgan fingerprint density at radius 2 is 1.73 bits per heavy atom. The van der Waals surface area contributed by atoms with E-state index in [1.807, 2.05) is 0 Å². The van der Waals surface area contributed by atoms with Crippen LogP contribution in [0.25, 0.3) is 5.57 Å². The van der Waals surface area contributed by atoms with Gasteiger partial charge >= 0.3 is 0 Å². The van der Waals surface area contributed by atoms with Gasteiger partial charge in [-0.15, -0.1) is 0 Å². The van der Waals surface area contributed by atoms with Crippen molar-refractivity contribution in [3.8, 4) is 0 Å². The molecule has 0 heteroatoms. The van der Waals surface area contributed by atoms with Crippen LogP contribution in [0.5, 0.6) is 0 Å². The molecule has 11 heavy (non-hydrogen) atoms. The molecule has 1 aliphatic rings. The van der Waals surface area contributed by atoms with Gasteiger partial charge in [-0.3, -0.25) is 0 Å². The van der Waals surface area contributed by atoms with Crippen molar-refractivity contribution in [2.75, 3.05) is 0 Å². The Bertz CT molecular complexity index is 274. The lowest BCUT2D eigenvalue weighted by molar-refractivity contribution is 1.50. The monoisotopic (exact) mass is 144 g/mol. The van der Waals surface area contributed by atoms with Crippen LogP contribution in [0.1, 0.15) is 25.3 Å². The zero-order chi connectivity index (χ0) is 7.68. The standard InChI is InChI=1S/C11H12/c1-9(11-7-8-11)10-5-3-2-4-6-10/h2-6H,7-8H2,1H3. The Labute approximate surface area is 67.6 Å². The van der Waals surface area contributed by atoms with E-state index >= 15 is 0 Å². The summed E-state index contributed by atoms with van der Waals surface area (Å²) in [5.41, 5.74) is 4.52. The molecule has 0 saturated heterocycles. The van der Waals surface area contributed by atoms with Gasteiger partial charge in [0.25, 0.3) is 0 Å². The zero-order valence-electron chi connectivity index (χ0n) is 6.80. The van der Waals surface area contributed by atoms with Crippen molar-refractivity contribution in [2.45, 2.75) is 19.8 Å². The van der Waals surface area contributed by atoms with E-state index in [2.05, 4.69) is 37.3 Å². The number of hydrogen-bond donors (Lipinski definition) is 0. The van der Waals surface area contributed by atoms with Crippen LogP contribution in [0, 0.1) is 0 Å². The molecule has 0 N–H and O–H groups in total. The Hall–Kier alpha value is -1.04. The molecule has 0 spiro atoms. The fraction of sp³-hybridized carbons (Fsp3) is 0.273. The van der Waals surface area contributed by atoms with E-state index in [1.54, 1.807) is 5.57 Å². The summed E-state index contributed by atoms with van der Waals surface area (Å²) >= 11 is 0. The number of benzene rings is 1. The first-order valence-corrected chi connectivity index (χ1v) is 4.12. The summed E-state index contributed by atoms with van der Waals surface area (Å²) in [6.45, 7) is 2.22. The molecule has 0 heterocycles. The summed E-state index contributed by atoms with van der Waals surface area (Å²) in [5, 5.41) is 0. The maximum absolute atomic E-state index is 2.22. The quantitative estimate of drug-likeness (QED) is 0.567. The van der Waals surface area contributed by atoms with Crippen molar-refractivity contribution < 1.29 is 0 Å². The SMILES string of the molecule is CC(=C1CC1)c1ccccc1. The lowest BCUT2D eigenvalue weighted by Gasteiger charge is -1.98. The van der Waals surface area contributed by atoms with Crippen molar-refractivity contribution in [1.82, 2.24) is 0 Å². The predicted octanol–water partition coefficient (Wildman–Crippen LogP) is 3.25. The van der Waals surface area contributed by atoms with E-state index in [9.17, 15) is 0 Å². The fourth-order valence-corrected chi connectivity index (χ4v) is 1.33. The van der Waals surface area contributed by atoms with Crippen molar-refractivity contribution in [3.63, 3.8) is 0 Å². The Morgan fingerprint density at radius 3 is 2.27 bits per heavy atom. The third-order valence-corrected chi connectivity index (χ3v) is 2.24. The lowest BCUT2D eigenvalue weighted by atomic mass is 10.1. The third kappa shape index (κ3) is 1.35. The second-order valence-corrected chi connectivity index (χ2v) is 3.09. The van der Waals surface area contributed by atoms with E-state index in [0.29, 0.717) is 0 Å². The number of allylic oxidation sites excluding steroid dienone is 2. The topological polar surface area (TPSA) is 0 Å². The van der Waals surface area contributed by atoms with Crippen LogP contribution in [0.15, 0.2) is 35.9 Å². The lowest BCUT2D eigenvalue weighted by Crippen LogP contribution is -1.76. The summed E-state index contributed by atoms with van der Waals surface area (Å²) in [4.78, 5) is 0. The predicted molar refractivity (Wildman–Crippen MR) is 48.3 cm³/mol. The molecular formula is C11H12. The summed E-state index contributed by atoms with van der Waals surface area (Å²) in [7, 11) is 0. The number of hydrogen-bond acceptors (Lipinski definition) is 0. The van der Waals surface area contributed by atoms with Gasteiger partial charge in [0.2, 0.25) is 0 Å². The maximum atomic E-state index is 2.22. The van der Waals surface area contributed by atoms with Gasteiger partial charge in [-0.25, -0.2) is 0 Å². The van der Waals surface area contributed by atoms with Gasteiger partial charge in [-0.1, -0.05) is 35.9 Å². The third-order valence-electron chi connectivity index (χ3n) is 2.24. The molecule has 0 aliphatic heterocycles. The second kappa shape index (κ2) is 2.54. The van der Waals surface area contributed by atoms with Crippen LogP contribution in [-0.4, -0.2) is 0 Å². The molecule has 0 bridgehead atoms. The minimum Gasteiger partial charge on any atom is -0.0661 e. The smallest absolute Gasteiger partial charge is 0.0228 e. The van der Waals surface area contributed by atoms with Gasteiger partial charge in [0.1, 0.15) is 0 Å². The molecule has 0 radical (unpaired) electrons. The van der Waals surface area contributed by atoms with Crippen molar-refractivity contribution in [2.24, 2.45) is 0 Å². The summed E-state index contributed by atoms with van der Waals surface area (Å²) in [6, 6.07) is 10.6. The zero-order valence-corrected chi connectivity index (χ0v) is 6.80. The molecule has 1 fully saturated rings. The second-order valence-electron chi connectivity index (χ2n) is 3.09. The van der Waals surface area contributed by atoms with Crippen molar-refractivity contribution in [3.05, 3.63) is 41.5 Å². The first kappa shape index (κ1) is 6.66. The summed E-state index contributed by atoms with van der Waals surface area (Å²) < 4.78 is 0. The molecule has 1 aliphatic carbocycles. The fourth-order valence-electron chi connectivity index (χ4n) is 1.33. The van der Waals surface area contributed by atoms with Crippen molar-refractivity contribution in [1.29, 1.82) is 0 Å². The van der Waals surface area contributed by atoms with Crippen LogP contribution in [0.4, 0.5) is 0 Å². The van der Waals surface area contributed by atoms with Gasteiger partial charge in [0.05, 0.1) is 0 Å². The molecule has 0 atom stereocenters. The number of rotatable bonds is 1. The molecule has 0 nitrogen and oxygen atoms in total. The first-order chi connectivity index (χ1) is 5.38. The van der Waals surface area contributed by atoms with Gasteiger partial charge in [-0.2, -0.15) is 0 Å². The van der Waals surface area contributed by atoms with Crippen LogP contribution in [-0.2, 0) is 0 Å². The van der Waals surface area contributed by atoms with E-state index in [4.69, 9.17) is 0 Å². The van der Waals surface area contributed by atoms with Gasteiger partial charge in [0, 0.05) is 0 Å². The largest absolute Gasteiger partial charge is 0.0661 e. The molecule has 56 valence electrons. The van der Waals surface area contributed by atoms with Crippen molar-refractivity contribution >= 4 is 5.57 Å². The first-order valence-electron chi connectivity index (χ1n) is 4.12. The minimum atomic E-state index is 1.32. The molecule has 0 amide bonds. The van der Waals surface area contributed by atoms with Crippen LogP contribution < -0.4 is 0 Å². The van der Waals surface area contributed by atoms with Crippen LogP contribution >= 0.6 is 0 Å². The molecule has 0 unspecified atom stereocenters. The van der Waals surface area contributed by atoms with E-state index in [1.165, 1.54) is 24.0 Å². The average molecular weight is 144 g/mol. The summed E-state index contributed by atoms with van der Waals surface area (Å²) in [5.74, 6) is 0. The molecule has 1 saturated carbocycles. The van der Waals surface area contributed by atoms with E-state index < -0.39 is 0 Å². The van der Waals surface area contributed by atoms with Gasteiger partial charge < -0.3 is 0 Å².